The van der Waals surface area contributed by atoms with E-state index in [4.69, 9.17) is 5.73 Å². The fraction of sp³-hybridized carbons (Fsp3) is 0.474. The van der Waals surface area contributed by atoms with E-state index in [1.165, 1.54) is 6.07 Å². The molecule has 2 fully saturated rings. The maximum atomic E-state index is 15.0. The van der Waals surface area contributed by atoms with E-state index in [9.17, 15) is 23.5 Å². The Balaban J connectivity index is 0.00000225. The maximum absolute atomic E-state index is 15.0. The quantitative estimate of drug-likeness (QED) is 0.804. The summed E-state index contributed by atoms with van der Waals surface area (Å²) in [4.78, 5) is 25.7. The first-order valence-corrected chi connectivity index (χ1v) is 8.97. The molecule has 1 saturated carbocycles. The Kier molecular flexibility index (Phi) is 5.14. The number of aromatic nitrogens is 1. The number of rotatable bonds is 4. The number of aromatic carboxylic acids is 1. The standard InChI is InChI=1S/C19H21F2N3O3.ClH/c1-10-15-12(11-2-3-11)6-13(18(26)27)17(25)24(15)7-14(21)16(10)23-5-4-19(22,8-20)9-23;/h6-7,11H,2-5,8-9,22H2,1H3,(H,26,27);1H. The first kappa shape index (κ1) is 20.5. The molecule has 0 spiro atoms. The number of carboxylic acids is 1. The number of nitrogens with two attached hydrogens (primary N) is 1. The predicted octanol–water partition coefficient (Wildman–Crippen LogP) is 2.62. The van der Waals surface area contributed by atoms with Gasteiger partial charge in [-0.25, -0.2) is 13.6 Å². The normalized spacial score (nSPS) is 21.8. The van der Waals surface area contributed by atoms with Crippen molar-refractivity contribution in [2.45, 2.75) is 37.6 Å². The lowest BCUT2D eigenvalue weighted by Gasteiger charge is -2.26. The third-order valence-corrected chi connectivity index (χ3v) is 5.66. The number of pyridine rings is 2. The number of anilines is 1. The topological polar surface area (TPSA) is 88.0 Å². The van der Waals surface area contributed by atoms with Gasteiger partial charge in [-0.3, -0.25) is 9.20 Å². The molecule has 6 nitrogen and oxygen atoms in total. The molecule has 2 aromatic rings. The summed E-state index contributed by atoms with van der Waals surface area (Å²) in [5, 5.41) is 9.34. The van der Waals surface area contributed by atoms with Crippen LogP contribution in [0.25, 0.3) is 5.52 Å². The van der Waals surface area contributed by atoms with Gasteiger partial charge in [-0.15, -0.1) is 12.4 Å². The molecule has 152 valence electrons. The number of carboxylic acid groups (broad SMARTS) is 1. The van der Waals surface area contributed by atoms with E-state index >= 15 is 0 Å². The molecule has 1 aliphatic carbocycles. The summed E-state index contributed by atoms with van der Waals surface area (Å²) >= 11 is 0. The molecule has 0 aromatic carbocycles. The number of aryl methyl sites for hydroxylation is 1. The van der Waals surface area contributed by atoms with E-state index in [0.29, 0.717) is 29.7 Å². The van der Waals surface area contributed by atoms with Gasteiger partial charge in [0.1, 0.15) is 12.2 Å². The summed E-state index contributed by atoms with van der Waals surface area (Å²) in [7, 11) is 0. The van der Waals surface area contributed by atoms with Gasteiger partial charge in [-0.05, 0) is 49.3 Å². The molecule has 28 heavy (non-hydrogen) atoms. The average Bonchev–Trinajstić information content (AvgIpc) is 3.38. The van der Waals surface area contributed by atoms with Crippen LogP contribution in [-0.2, 0) is 0 Å². The summed E-state index contributed by atoms with van der Waals surface area (Å²) in [5.41, 5.74) is 6.03. The molecular formula is C19H22ClF2N3O3. The first-order valence-electron chi connectivity index (χ1n) is 8.97. The lowest BCUT2D eigenvalue weighted by Crippen LogP contribution is -2.45. The number of hydrogen-bond donors (Lipinski definition) is 2. The lowest BCUT2D eigenvalue weighted by atomic mass is 10.0. The molecule has 1 atom stereocenters. The number of alkyl halides is 1. The zero-order valence-electron chi connectivity index (χ0n) is 15.4. The Morgan fingerprint density at radius 3 is 2.64 bits per heavy atom. The zero-order chi connectivity index (χ0) is 19.5. The van der Waals surface area contributed by atoms with Crippen LogP contribution < -0.4 is 16.2 Å². The lowest BCUT2D eigenvalue weighted by molar-refractivity contribution is 0.0694. The maximum Gasteiger partial charge on any atom is 0.341 e. The fourth-order valence-electron chi connectivity index (χ4n) is 4.08. The third-order valence-electron chi connectivity index (χ3n) is 5.66. The highest BCUT2D eigenvalue weighted by Gasteiger charge is 2.37. The van der Waals surface area contributed by atoms with Crippen LogP contribution in [0.2, 0.25) is 0 Å². The molecule has 1 unspecified atom stereocenters. The molecule has 1 saturated heterocycles. The van der Waals surface area contributed by atoms with Crippen LogP contribution in [0.3, 0.4) is 0 Å². The van der Waals surface area contributed by atoms with Crippen molar-refractivity contribution in [2.24, 2.45) is 5.73 Å². The molecule has 2 aliphatic rings. The minimum Gasteiger partial charge on any atom is -0.477 e. The van der Waals surface area contributed by atoms with Gasteiger partial charge < -0.3 is 15.7 Å². The van der Waals surface area contributed by atoms with E-state index in [1.54, 1.807) is 11.8 Å². The Labute approximate surface area is 166 Å². The van der Waals surface area contributed by atoms with E-state index in [0.717, 1.165) is 29.0 Å². The first-order chi connectivity index (χ1) is 12.8. The number of nitrogens with zero attached hydrogens (tertiary/aromatic N) is 2. The van der Waals surface area contributed by atoms with Crippen LogP contribution >= 0.6 is 12.4 Å². The van der Waals surface area contributed by atoms with Crippen molar-refractivity contribution in [3.05, 3.63) is 45.1 Å². The molecule has 1 aliphatic heterocycles. The van der Waals surface area contributed by atoms with Gasteiger partial charge in [-0.1, -0.05) is 0 Å². The second kappa shape index (κ2) is 7.00. The number of halogens is 3. The Bertz CT molecular complexity index is 1020. The van der Waals surface area contributed by atoms with E-state index in [-0.39, 0.29) is 30.4 Å². The van der Waals surface area contributed by atoms with Gasteiger partial charge in [0.2, 0.25) is 0 Å². The largest absolute Gasteiger partial charge is 0.477 e. The average molecular weight is 414 g/mol. The van der Waals surface area contributed by atoms with Crippen molar-refractivity contribution in [1.82, 2.24) is 4.40 Å². The number of carbonyl (C=O) groups is 1. The SMILES string of the molecule is Cc1c(N2CCC(N)(CF)C2)c(F)cn2c(=O)c(C(=O)O)cc(C3CC3)c12.Cl. The highest BCUT2D eigenvalue weighted by atomic mass is 35.5. The van der Waals surface area contributed by atoms with Gasteiger partial charge in [0.05, 0.1) is 22.9 Å². The van der Waals surface area contributed by atoms with Gasteiger partial charge in [0, 0.05) is 13.1 Å². The van der Waals surface area contributed by atoms with Crippen LogP contribution in [0.15, 0.2) is 17.1 Å². The zero-order valence-corrected chi connectivity index (χ0v) is 16.2. The van der Waals surface area contributed by atoms with E-state index in [2.05, 4.69) is 0 Å². The smallest absolute Gasteiger partial charge is 0.341 e. The summed E-state index contributed by atoms with van der Waals surface area (Å²) in [6.45, 7) is 1.64. The van der Waals surface area contributed by atoms with Crippen molar-refractivity contribution in [2.75, 3.05) is 24.7 Å². The van der Waals surface area contributed by atoms with Crippen molar-refractivity contribution in [1.29, 1.82) is 0 Å². The van der Waals surface area contributed by atoms with Gasteiger partial charge in [-0.2, -0.15) is 0 Å². The van der Waals surface area contributed by atoms with E-state index < -0.39 is 29.6 Å². The molecule has 9 heteroatoms. The molecule has 0 bridgehead atoms. The van der Waals surface area contributed by atoms with Crippen molar-refractivity contribution in [3.63, 3.8) is 0 Å². The van der Waals surface area contributed by atoms with Crippen molar-refractivity contribution in [3.8, 4) is 0 Å². The number of fused-ring (bicyclic) bond motifs is 1. The minimum atomic E-state index is -1.33. The molecule has 2 aromatic heterocycles. The molecule has 4 rings (SSSR count). The van der Waals surface area contributed by atoms with Crippen LogP contribution in [0.5, 0.6) is 0 Å². The Morgan fingerprint density at radius 2 is 2.11 bits per heavy atom. The van der Waals surface area contributed by atoms with Crippen LogP contribution in [-0.4, -0.2) is 40.8 Å². The molecule has 0 amide bonds. The second-order valence-electron chi connectivity index (χ2n) is 7.73. The van der Waals surface area contributed by atoms with Crippen molar-refractivity contribution >= 4 is 29.6 Å². The Hall–Kier alpha value is -2.19. The monoisotopic (exact) mass is 413 g/mol. The summed E-state index contributed by atoms with van der Waals surface area (Å²) in [5.74, 6) is -1.81. The Morgan fingerprint density at radius 1 is 1.43 bits per heavy atom. The molecular weight excluding hydrogens is 392 g/mol. The van der Waals surface area contributed by atoms with Gasteiger partial charge in [0.25, 0.3) is 5.56 Å². The minimum absolute atomic E-state index is 0. The van der Waals surface area contributed by atoms with Crippen LogP contribution in [0, 0.1) is 12.7 Å². The number of hydrogen-bond acceptors (Lipinski definition) is 4. The molecule has 0 radical (unpaired) electrons. The second-order valence-corrected chi connectivity index (χ2v) is 7.73. The summed E-state index contributed by atoms with van der Waals surface area (Å²) in [6.07, 6.45) is 3.26. The van der Waals surface area contributed by atoms with Crippen molar-refractivity contribution < 1.29 is 18.7 Å². The molecule has 3 N–H and O–H groups in total. The highest BCUT2D eigenvalue weighted by molar-refractivity contribution is 5.89. The summed E-state index contributed by atoms with van der Waals surface area (Å²) in [6, 6.07) is 1.42. The third kappa shape index (κ3) is 3.14. The van der Waals surface area contributed by atoms with Gasteiger partial charge >= 0.3 is 5.97 Å². The molecule has 3 heterocycles. The summed E-state index contributed by atoms with van der Waals surface area (Å²) < 4.78 is 29.3. The van der Waals surface area contributed by atoms with E-state index in [1.807, 2.05) is 0 Å². The van der Waals surface area contributed by atoms with Crippen LogP contribution in [0.4, 0.5) is 14.5 Å². The highest BCUT2D eigenvalue weighted by Crippen LogP contribution is 2.44. The van der Waals surface area contributed by atoms with Crippen LogP contribution in [0.1, 0.15) is 46.7 Å². The predicted molar refractivity (Wildman–Crippen MR) is 104 cm³/mol. The van der Waals surface area contributed by atoms with Gasteiger partial charge in [0.15, 0.2) is 5.82 Å². The fourth-order valence-corrected chi connectivity index (χ4v) is 4.08.